The topological polar surface area (TPSA) is 30.5 Å². The van der Waals surface area contributed by atoms with E-state index in [-0.39, 0.29) is 6.04 Å². The van der Waals surface area contributed by atoms with E-state index >= 15 is 0 Å². The summed E-state index contributed by atoms with van der Waals surface area (Å²) in [7, 11) is 1.97. The van der Waals surface area contributed by atoms with Gasteiger partial charge in [0.05, 0.1) is 6.61 Å². The molecule has 0 saturated carbocycles. The fraction of sp³-hybridized carbons (Fsp3) is 0.444. The van der Waals surface area contributed by atoms with Crippen LogP contribution in [0, 0.1) is 0 Å². The van der Waals surface area contributed by atoms with Crippen LogP contribution >= 0.6 is 0 Å². The molecule has 1 N–H and O–H groups in total. The smallest absolute Gasteiger partial charge is 0.131 e. The van der Waals surface area contributed by atoms with Gasteiger partial charge in [0, 0.05) is 36.6 Å². The molecule has 2 aromatic carbocycles. The van der Waals surface area contributed by atoms with Crippen molar-refractivity contribution in [1.29, 1.82) is 0 Å². The van der Waals surface area contributed by atoms with Gasteiger partial charge in [0.15, 0.2) is 0 Å². The van der Waals surface area contributed by atoms with E-state index in [2.05, 4.69) is 48.6 Å². The van der Waals surface area contributed by atoms with Gasteiger partial charge in [0.1, 0.15) is 5.75 Å². The second kappa shape index (κ2) is 8.01. The lowest BCUT2D eigenvalue weighted by atomic mass is 10.0. The summed E-state index contributed by atoms with van der Waals surface area (Å²) in [5.41, 5.74) is 1.20. The number of rotatable bonds is 8. The Morgan fingerprint density at radius 1 is 1.10 bits per heavy atom. The van der Waals surface area contributed by atoms with E-state index in [4.69, 9.17) is 9.47 Å². The molecule has 0 aliphatic carbocycles. The van der Waals surface area contributed by atoms with Gasteiger partial charge in [-0.05, 0) is 26.3 Å². The molecular formula is C18H25NO2. The first-order valence-electron chi connectivity index (χ1n) is 7.67. The average Bonchev–Trinajstić information content (AvgIpc) is 2.53. The molecule has 0 fully saturated rings. The Hall–Kier alpha value is -1.58. The molecule has 0 bridgehead atoms. The number of ether oxygens (including phenoxy) is 2. The molecule has 1 unspecified atom stereocenters. The molecule has 0 saturated heterocycles. The van der Waals surface area contributed by atoms with Crippen LogP contribution in [0.25, 0.3) is 10.8 Å². The minimum Gasteiger partial charge on any atom is -0.493 e. The highest BCUT2D eigenvalue weighted by Crippen LogP contribution is 2.33. The van der Waals surface area contributed by atoms with Crippen molar-refractivity contribution in [3.63, 3.8) is 0 Å². The highest BCUT2D eigenvalue weighted by Gasteiger charge is 2.13. The van der Waals surface area contributed by atoms with Gasteiger partial charge in [-0.3, -0.25) is 0 Å². The van der Waals surface area contributed by atoms with E-state index in [1.54, 1.807) is 0 Å². The van der Waals surface area contributed by atoms with Crippen molar-refractivity contribution in [2.24, 2.45) is 0 Å². The Morgan fingerprint density at radius 3 is 2.67 bits per heavy atom. The molecule has 2 aromatic rings. The second-order valence-corrected chi connectivity index (χ2v) is 5.11. The Morgan fingerprint density at radius 2 is 1.90 bits per heavy atom. The molecular weight excluding hydrogens is 262 g/mol. The van der Waals surface area contributed by atoms with E-state index < -0.39 is 0 Å². The summed E-state index contributed by atoms with van der Waals surface area (Å²) in [4.78, 5) is 0. The molecule has 0 amide bonds. The minimum absolute atomic E-state index is 0.261. The molecule has 3 heteroatoms. The molecule has 0 radical (unpaired) electrons. The van der Waals surface area contributed by atoms with Gasteiger partial charge in [-0.2, -0.15) is 0 Å². The largest absolute Gasteiger partial charge is 0.493 e. The number of fused-ring (bicyclic) bond motifs is 1. The van der Waals surface area contributed by atoms with Crippen LogP contribution in [-0.4, -0.2) is 26.9 Å². The summed E-state index contributed by atoms with van der Waals surface area (Å²) in [6.07, 6.45) is 0.907. The van der Waals surface area contributed by atoms with Crippen molar-refractivity contribution in [1.82, 2.24) is 5.32 Å². The minimum atomic E-state index is 0.261. The molecule has 0 aromatic heterocycles. The zero-order chi connectivity index (χ0) is 15.1. The van der Waals surface area contributed by atoms with Gasteiger partial charge in [-0.1, -0.05) is 36.4 Å². The third kappa shape index (κ3) is 3.96. The lowest BCUT2D eigenvalue weighted by Gasteiger charge is -2.18. The standard InChI is InChI=1S/C18H25NO2/c1-4-20-12-7-13-21-18-16(14(2)19-3)11-10-15-8-5-6-9-17(15)18/h5-6,8-11,14,19H,4,7,12-13H2,1-3H3. The Bertz CT molecular complexity index is 568. The molecule has 0 heterocycles. The monoisotopic (exact) mass is 287 g/mol. The van der Waals surface area contributed by atoms with Crippen LogP contribution in [0.4, 0.5) is 0 Å². The third-order valence-corrected chi connectivity index (χ3v) is 3.69. The van der Waals surface area contributed by atoms with Gasteiger partial charge < -0.3 is 14.8 Å². The molecule has 3 nitrogen and oxygen atoms in total. The summed E-state index contributed by atoms with van der Waals surface area (Å²) in [6.45, 7) is 6.35. The maximum Gasteiger partial charge on any atom is 0.131 e. The lowest BCUT2D eigenvalue weighted by molar-refractivity contribution is 0.131. The maximum atomic E-state index is 6.10. The molecule has 0 aliphatic heterocycles. The number of hydrogen-bond acceptors (Lipinski definition) is 3. The van der Waals surface area contributed by atoms with Crippen molar-refractivity contribution in [3.8, 4) is 5.75 Å². The van der Waals surface area contributed by atoms with Gasteiger partial charge >= 0.3 is 0 Å². The lowest BCUT2D eigenvalue weighted by Crippen LogP contribution is -2.14. The van der Waals surface area contributed by atoms with Gasteiger partial charge in [0.25, 0.3) is 0 Å². The predicted molar refractivity (Wildman–Crippen MR) is 88.0 cm³/mol. The van der Waals surface area contributed by atoms with Gasteiger partial charge in [-0.25, -0.2) is 0 Å². The van der Waals surface area contributed by atoms with Gasteiger partial charge in [-0.15, -0.1) is 0 Å². The Balaban J connectivity index is 2.23. The molecule has 1 atom stereocenters. The normalized spacial score (nSPS) is 12.5. The van der Waals surface area contributed by atoms with Crippen LogP contribution in [0.5, 0.6) is 5.75 Å². The van der Waals surface area contributed by atoms with E-state index in [0.29, 0.717) is 6.61 Å². The number of hydrogen-bond donors (Lipinski definition) is 1. The number of nitrogens with one attached hydrogen (secondary N) is 1. The summed E-state index contributed by atoms with van der Waals surface area (Å²) in [6, 6.07) is 12.9. The van der Waals surface area contributed by atoms with Crippen LogP contribution in [0.3, 0.4) is 0 Å². The van der Waals surface area contributed by atoms with E-state index in [1.165, 1.54) is 16.3 Å². The van der Waals surface area contributed by atoms with Crippen molar-refractivity contribution in [2.75, 3.05) is 26.9 Å². The molecule has 2 rings (SSSR count). The highest BCUT2D eigenvalue weighted by molar-refractivity contribution is 5.89. The second-order valence-electron chi connectivity index (χ2n) is 5.11. The quantitative estimate of drug-likeness (QED) is 0.746. The van der Waals surface area contributed by atoms with E-state index in [9.17, 15) is 0 Å². The summed E-state index contributed by atoms with van der Waals surface area (Å²) in [5.74, 6) is 0.992. The molecule has 0 aliphatic rings. The maximum absolute atomic E-state index is 6.10. The fourth-order valence-corrected chi connectivity index (χ4v) is 2.40. The van der Waals surface area contributed by atoms with Gasteiger partial charge in [0.2, 0.25) is 0 Å². The highest BCUT2D eigenvalue weighted by atomic mass is 16.5. The van der Waals surface area contributed by atoms with Crippen molar-refractivity contribution in [2.45, 2.75) is 26.3 Å². The van der Waals surface area contributed by atoms with Crippen molar-refractivity contribution in [3.05, 3.63) is 42.0 Å². The predicted octanol–water partition coefficient (Wildman–Crippen LogP) is 3.93. The molecule has 0 spiro atoms. The zero-order valence-corrected chi connectivity index (χ0v) is 13.2. The van der Waals surface area contributed by atoms with Crippen molar-refractivity contribution < 1.29 is 9.47 Å². The van der Waals surface area contributed by atoms with E-state index in [0.717, 1.165) is 25.4 Å². The average molecular weight is 287 g/mol. The SMILES string of the molecule is CCOCCCOc1c(C(C)NC)ccc2ccccc12. The summed E-state index contributed by atoms with van der Waals surface area (Å²) < 4.78 is 11.5. The molecule has 114 valence electrons. The number of benzene rings is 2. The van der Waals surface area contributed by atoms with Crippen LogP contribution in [0.1, 0.15) is 31.9 Å². The van der Waals surface area contributed by atoms with Crippen LogP contribution in [-0.2, 0) is 4.74 Å². The first kappa shape index (κ1) is 15.8. The van der Waals surface area contributed by atoms with E-state index in [1.807, 2.05) is 14.0 Å². The van der Waals surface area contributed by atoms with Crippen LogP contribution < -0.4 is 10.1 Å². The van der Waals surface area contributed by atoms with Crippen LogP contribution in [0.15, 0.2) is 36.4 Å². The summed E-state index contributed by atoms with van der Waals surface area (Å²) >= 11 is 0. The molecule has 21 heavy (non-hydrogen) atoms. The first-order chi connectivity index (χ1) is 10.3. The van der Waals surface area contributed by atoms with Crippen molar-refractivity contribution >= 4 is 10.8 Å². The van der Waals surface area contributed by atoms with Crippen LogP contribution in [0.2, 0.25) is 0 Å². The fourth-order valence-electron chi connectivity index (χ4n) is 2.40. The first-order valence-corrected chi connectivity index (χ1v) is 7.67. The Labute approximate surface area is 127 Å². The Kier molecular flexibility index (Phi) is 6.03. The third-order valence-electron chi connectivity index (χ3n) is 3.69. The summed E-state index contributed by atoms with van der Waals surface area (Å²) in [5, 5.41) is 5.68. The zero-order valence-electron chi connectivity index (χ0n) is 13.2.